The van der Waals surface area contributed by atoms with E-state index in [2.05, 4.69) is 40.9 Å². The van der Waals surface area contributed by atoms with Crippen molar-refractivity contribution in [2.45, 2.75) is 32.0 Å². The van der Waals surface area contributed by atoms with Crippen LogP contribution in [0.3, 0.4) is 0 Å². The molecule has 0 unspecified atom stereocenters. The number of nitrogens with zero attached hydrogens (tertiary/aromatic N) is 2. The van der Waals surface area contributed by atoms with Crippen LogP contribution in [0.2, 0.25) is 0 Å². The lowest BCUT2D eigenvalue weighted by atomic mass is 10.1. The SMILES string of the molecule is Cn1cc(CNC2CC2)c(-c2ccc(OCc3ccccc3)cc2)n1. The maximum Gasteiger partial charge on any atom is 0.119 e. The third-order valence-electron chi connectivity index (χ3n) is 4.44. The van der Waals surface area contributed by atoms with Gasteiger partial charge in [-0.05, 0) is 42.7 Å². The minimum absolute atomic E-state index is 0.584. The van der Waals surface area contributed by atoms with Crippen LogP contribution in [0, 0.1) is 0 Å². The van der Waals surface area contributed by atoms with Gasteiger partial charge in [0.25, 0.3) is 0 Å². The average Bonchev–Trinajstić information content (AvgIpc) is 3.41. The van der Waals surface area contributed by atoms with Gasteiger partial charge in [0.05, 0.1) is 5.69 Å². The second-order valence-corrected chi connectivity index (χ2v) is 6.63. The molecule has 1 heterocycles. The van der Waals surface area contributed by atoms with E-state index >= 15 is 0 Å². The Morgan fingerprint density at radius 1 is 1.08 bits per heavy atom. The summed E-state index contributed by atoms with van der Waals surface area (Å²) in [6.07, 6.45) is 4.69. The van der Waals surface area contributed by atoms with E-state index in [1.807, 2.05) is 42.1 Å². The van der Waals surface area contributed by atoms with Crippen molar-refractivity contribution in [3.05, 3.63) is 71.9 Å². The molecule has 4 nitrogen and oxygen atoms in total. The molecule has 1 saturated carbocycles. The minimum atomic E-state index is 0.584. The minimum Gasteiger partial charge on any atom is -0.489 e. The van der Waals surface area contributed by atoms with Crippen LogP contribution >= 0.6 is 0 Å². The van der Waals surface area contributed by atoms with E-state index in [1.165, 1.54) is 24.0 Å². The van der Waals surface area contributed by atoms with Crippen LogP contribution in [0.4, 0.5) is 0 Å². The summed E-state index contributed by atoms with van der Waals surface area (Å²) < 4.78 is 7.76. The second kappa shape index (κ2) is 7.11. The van der Waals surface area contributed by atoms with Crippen molar-refractivity contribution in [1.82, 2.24) is 15.1 Å². The number of hydrogen-bond donors (Lipinski definition) is 1. The van der Waals surface area contributed by atoms with Gasteiger partial charge in [-0.2, -0.15) is 5.10 Å². The fourth-order valence-electron chi connectivity index (χ4n) is 2.90. The number of aromatic nitrogens is 2. The molecule has 1 aromatic heterocycles. The van der Waals surface area contributed by atoms with Gasteiger partial charge in [0, 0.05) is 37.0 Å². The van der Waals surface area contributed by atoms with Crippen molar-refractivity contribution in [3.63, 3.8) is 0 Å². The zero-order chi connectivity index (χ0) is 17.1. The van der Waals surface area contributed by atoms with Crippen LogP contribution < -0.4 is 10.1 Å². The first-order valence-corrected chi connectivity index (χ1v) is 8.81. The molecular weight excluding hydrogens is 310 g/mol. The van der Waals surface area contributed by atoms with Crippen LogP contribution in [0.5, 0.6) is 5.75 Å². The first-order chi connectivity index (χ1) is 12.3. The Kier molecular flexibility index (Phi) is 4.53. The second-order valence-electron chi connectivity index (χ2n) is 6.63. The van der Waals surface area contributed by atoms with Gasteiger partial charge >= 0.3 is 0 Å². The molecule has 1 aliphatic rings. The third-order valence-corrected chi connectivity index (χ3v) is 4.44. The molecule has 0 radical (unpaired) electrons. The lowest BCUT2D eigenvalue weighted by Gasteiger charge is -2.08. The number of nitrogens with one attached hydrogen (secondary N) is 1. The molecule has 128 valence electrons. The zero-order valence-corrected chi connectivity index (χ0v) is 14.5. The van der Waals surface area contributed by atoms with E-state index in [9.17, 15) is 0 Å². The quantitative estimate of drug-likeness (QED) is 0.712. The highest BCUT2D eigenvalue weighted by atomic mass is 16.5. The summed E-state index contributed by atoms with van der Waals surface area (Å²) in [4.78, 5) is 0. The van der Waals surface area contributed by atoms with Crippen molar-refractivity contribution >= 4 is 0 Å². The van der Waals surface area contributed by atoms with Gasteiger partial charge < -0.3 is 10.1 Å². The van der Waals surface area contributed by atoms with Crippen molar-refractivity contribution in [1.29, 1.82) is 0 Å². The predicted octanol–water partition coefficient (Wildman–Crippen LogP) is 3.92. The van der Waals surface area contributed by atoms with Crippen LogP contribution in [-0.4, -0.2) is 15.8 Å². The summed E-state index contributed by atoms with van der Waals surface area (Å²) in [6.45, 7) is 1.46. The average molecular weight is 333 g/mol. The normalized spacial score (nSPS) is 13.8. The van der Waals surface area contributed by atoms with E-state index < -0.39 is 0 Å². The Bertz CT molecular complexity index is 820. The highest BCUT2D eigenvalue weighted by Crippen LogP contribution is 2.26. The summed E-state index contributed by atoms with van der Waals surface area (Å²) in [5.74, 6) is 0.876. The van der Waals surface area contributed by atoms with Gasteiger partial charge in [-0.1, -0.05) is 30.3 Å². The first kappa shape index (κ1) is 15.9. The van der Waals surface area contributed by atoms with Crippen molar-refractivity contribution in [3.8, 4) is 17.0 Å². The lowest BCUT2D eigenvalue weighted by molar-refractivity contribution is 0.306. The van der Waals surface area contributed by atoms with Gasteiger partial charge in [0.1, 0.15) is 12.4 Å². The molecule has 0 spiro atoms. The Morgan fingerprint density at radius 3 is 2.56 bits per heavy atom. The van der Waals surface area contributed by atoms with Gasteiger partial charge in [-0.15, -0.1) is 0 Å². The molecule has 4 rings (SSSR count). The molecule has 0 saturated heterocycles. The maximum atomic E-state index is 5.87. The summed E-state index contributed by atoms with van der Waals surface area (Å²) in [6, 6.07) is 19.1. The predicted molar refractivity (Wildman–Crippen MR) is 99.3 cm³/mol. The number of ether oxygens (including phenoxy) is 1. The standard InChI is InChI=1S/C21H23N3O/c1-24-14-18(13-22-19-9-10-19)21(23-24)17-7-11-20(12-8-17)25-15-16-5-3-2-4-6-16/h2-8,11-12,14,19,22H,9-10,13,15H2,1H3. The summed E-state index contributed by atoms with van der Waals surface area (Å²) in [7, 11) is 1.97. The van der Waals surface area contributed by atoms with E-state index in [-0.39, 0.29) is 0 Å². The molecule has 0 aliphatic heterocycles. The number of hydrogen-bond acceptors (Lipinski definition) is 3. The largest absolute Gasteiger partial charge is 0.489 e. The Labute approximate surface area is 148 Å². The Balaban J connectivity index is 1.44. The molecule has 25 heavy (non-hydrogen) atoms. The van der Waals surface area contributed by atoms with E-state index in [4.69, 9.17) is 4.74 Å². The van der Waals surface area contributed by atoms with Crippen molar-refractivity contribution in [2.24, 2.45) is 7.05 Å². The molecule has 1 fully saturated rings. The summed E-state index contributed by atoms with van der Waals surface area (Å²) in [5, 5.41) is 8.21. The smallest absolute Gasteiger partial charge is 0.119 e. The van der Waals surface area contributed by atoms with Crippen molar-refractivity contribution in [2.75, 3.05) is 0 Å². The van der Waals surface area contributed by atoms with Gasteiger partial charge in [-0.3, -0.25) is 4.68 Å². The first-order valence-electron chi connectivity index (χ1n) is 8.81. The van der Waals surface area contributed by atoms with Crippen LogP contribution in [0.1, 0.15) is 24.0 Å². The maximum absolute atomic E-state index is 5.87. The fourth-order valence-corrected chi connectivity index (χ4v) is 2.90. The monoisotopic (exact) mass is 333 g/mol. The number of benzene rings is 2. The molecule has 0 amide bonds. The van der Waals surface area contributed by atoms with Gasteiger partial charge in [0.2, 0.25) is 0 Å². The van der Waals surface area contributed by atoms with Crippen LogP contribution in [0.25, 0.3) is 11.3 Å². The molecule has 0 atom stereocenters. The fraction of sp³-hybridized carbons (Fsp3) is 0.286. The Hall–Kier alpha value is -2.59. The topological polar surface area (TPSA) is 39.1 Å². The Morgan fingerprint density at radius 2 is 1.84 bits per heavy atom. The van der Waals surface area contributed by atoms with E-state index in [0.29, 0.717) is 12.6 Å². The molecule has 1 N–H and O–H groups in total. The van der Waals surface area contributed by atoms with E-state index in [1.54, 1.807) is 0 Å². The van der Waals surface area contributed by atoms with Crippen molar-refractivity contribution < 1.29 is 4.74 Å². The molecule has 2 aromatic carbocycles. The zero-order valence-electron chi connectivity index (χ0n) is 14.5. The lowest BCUT2D eigenvalue weighted by Crippen LogP contribution is -2.15. The molecule has 3 aromatic rings. The highest BCUT2D eigenvalue weighted by Gasteiger charge is 2.21. The molecule has 0 bridgehead atoms. The molecule has 4 heteroatoms. The third kappa shape index (κ3) is 4.09. The summed E-state index contributed by atoms with van der Waals surface area (Å²) in [5.41, 5.74) is 4.59. The van der Waals surface area contributed by atoms with Crippen LogP contribution in [0.15, 0.2) is 60.8 Å². The van der Waals surface area contributed by atoms with Crippen LogP contribution in [-0.2, 0) is 20.2 Å². The number of aryl methyl sites for hydroxylation is 1. The van der Waals surface area contributed by atoms with Gasteiger partial charge in [0.15, 0.2) is 0 Å². The number of rotatable bonds is 7. The molecular formula is C21H23N3O. The highest BCUT2D eigenvalue weighted by molar-refractivity contribution is 5.63. The molecule has 1 aliphatic carbocycles. The van der Waals surface area contributed by atoms with E-state index in [0.717, 1.165) is 23.6 Å². The summed E-state index contributed by atoms with van der Waals surface area (Å²) >= 11 is 0. The van der Waals surface area contributed by atoms with Gasteiger partial charge in [-0.25, -0.2) is 0 Å².